The first-order valence-electron chi connectivity index (χ1n) is 13.1. The molecule has 194 valence electrons. The van der Waals surface area contributed by atoms with Gasteiger partial charge in [-0.1, -0.05) is 123 Å². The van der Waals surface area contributed by atoms with Gasteiger partial charge < -0.3 is 14.9 Å². The van der Waals surface area contributed by atoms with Gasteiger partial charge >= 0.3 is 26.2 Å². The maximum absolute atomic E-state index is 2.39. The molecule has 0 nitrogen and oxygen atoms in total. The van der Waals surface area contributed by atoms with E-state index < -0.39 is 0 Å². The van der Waals surface area contributed by atoms with Crippen LogP contribution in [0, 0.1) is 28.7 Å². The van der Waals surface area contributed by atoms with Crippen LogP contribution in [0.5, 0.6) is 0 Å². The monoisotopic (exact) mass is 584 g/mol. The molecule has 0 spiro atoms. The minimum absolute atomic E-state index is 0. The van der Waals surface area contributed by atoms with Crippen molar-refractivity contribution in [3.8, 4) is 22.3 Å². The molecule has 1 atom stereocenters. The Bertz CT molecular complexity index is 1650. The van der Waals surface area contributed by atoms with Gasteiger partial charge in [-0.15, -0.1) is 74.6 Å². The Labute approximate surface area is 254 Å². The molecule has 0 radical (unpaired) electrons. The number of hydrogen-bond donors (Lipinski definition) is 0. The van der Waals surface area contributed by atoms with Gasteiger partial charge in [-0.05, 0) is 11.1 Å². The fourth-order valence-electron chi connectivity index (χ4n) is 6.25. The molecule has 6 rings (SSSR count). The summed E-state index contributed by atoms with van der Waals surface area (Å²) in [5.41, 5.74) is 11.1. The predicted molar refractivity (Wildman–Crippen MR) is 169 cm³/mol. The van der Waals surface area contributed by atoms with Crippen molar-refractivity contribution in [1.29, 1.82) is 0 Å². The van der Waals surface area contributed by atoms with Crippen molar-refractivity contribution in [2.75, 3.05) is 0 Å². The van der Waals surface area contributed by atoms with Crippen molar-refractivity contribution in [1.82, 2.24) is 0 Å². The summed E-state index contributed by atoms with van der Waals surface area (Å²) in [6, 6.07) is 40.0. The summed E-state index contributed by atoms with van der Waals surface area (Å²) in [6.07, 6.45) is 2.17. The van der Waals surface area contributed by atoms with Gasteiger partial charge in [-0.2, -0.15) is 5.56 Å². The first-order chi connectivity index (χ1) is 17.7. The second-order valence-corrected chi connectivity index (χ2v) is 10.1. The zero-order valence-electron chi connectivity index (χ0n) is 23.9. The van der Waals surface area contributed by atoms with E-state index in [0.717, 1.165) is 12.8 Å². The standard InChI is InChI=1S/C36H32.2CH3.Zr/c1-4-26(34-25(3)22-30-18-12-20-32(36(30)34)28-15-9-6-10-16-28)23-33-24(2)21-29-17-11-19-31(35(29)33)27-13-7-5-8-14-27;;;/h5-22,26H,4,23H2,1-3H3;2*1H3;/q-2;2*-1;+4. The van der Waals surface area contributed by atoms with Gasteiger partial charge in [0.1, 0.15) is 0 Å². The summed E-state index contributed by atoms with van der Waals surface area (Å²) in [5, 5.41) is 5.57. The molecule has 39 heavy (non-hydrogen) atoms. The largest absolute Gasteiger partial charge is 4.00 e. The smallest absolute Gasteiger partial charge is 0.358 e. The molecule has 1 heteroatoms. The predicted octanol–water partition coefficient (Wildman–Crippen LogP) is 11.0. The molecule has 0 aromatic heterocycles. The molecule has 0 saturated heterocycles. The minimum atomic E-state index is 0. The van der Waals surface area contributed by atoms with Gasteiger partial charge in [-0.25, -0.2) is 0 Å². The van der Waals surface area contributed by atoms with Gasteiger partial charge in [0.25, 0.3) is 0 Å². The van der Waals surface area contributed by atoms with Crippen LogP contribution in [0.3, 0.4) is 0 Å². The third-order valence-corrected chi connectivity index (χ3v) is 7.93. The van der Waals surface area contributed by atoms with Crippen molar-refractivity contribution in [2.45, 2.75) is 39.5 Å². The maximum atomic E-state index is 2.39. The summed E-state index contributed by atoms with van der Waals surface area (Å²) in [5.74, 6) is 0.459. The first-order valence-corrected chi connectivity index (χ1v) is 13.1. The van der Waals surface area contributed by atoms with Gasteiger partial charge in [0, 0.05) is 0 Å². The van der Waals surface area contributed by atoms with E-state index in [9.17, 15) is 0 Å². The summed E-state index contributed by atoms with van der Waals surface area (Å²) in [4.78, 5) is 0. The first kappa shape index (κ1) is 30.5. The fourth-order valence-corrected chi connectivity index (χ4v) is 6.25. The third kappa shape index (κ3) is 5.53. The van der Waals surface area contributed by atoms with Crippen molar-refractivity contribution < 1.29 is 26.2 Å². The molecule has 0 heterocycles. The summed E-state index contributed by atoms with van der Waals surface area (Å²) in [6.45, 7) is 6.95. The van der Waals surface area contributed by atoms with Crippen molar-refractivity contribution in [3.05, 3.63) is 146 Å². The Balaban J connectivity index is 0.00000140. The summed E-state index contributed by atoms with van der Waals surface area (Å²) in [7, 11) is 0. The molecule has 0 aliphatic rings. The normalized spacial score (nSPS) is 11.5. The zero-order chi connectivity index (χ0) is 24.6. The van der Waals surface area contributed by atoms with Crippen LogP contribution in [0.1, 0.15) is 41.5 Å². The molecular weight excluding hydrogens is 548 g/mol. The van der Waals surface area contributed by atoms with Crippen LogP contribution in [-0.2, 0) is 32.6 Å². The van der Waals surface area contributed by atoms with Crippen LogP contribution in [0.4, 0.5) is 0 Å². The Kier molecular flexibility index (Phi) is 10.1. The van der Waals surface area contributed by atoms with Gasteiger partial charge in [0.15, 0.2) is 0 Å². The van der Waals surface area contributed by atoms with Gasteiger partial charge in [0.2, 0.25) is 0 Å². The average molecular weight is 586 g/mol. The van der Waals surface area contributed by atoms with Crippen LogP contribution in [0.25, 0.3) is 43.8 Å². The average Bonchev–Trinajstić information content (AvgIpc) is 3.43. The van der Waals surface area contributed by atoms with Crippen molar-refractivity contribution in [2.24, 2.45) is 0 Å². The molecule has 0 saturated carbocycles. The van der Waals surface area contributed by atoms with Crippen LogP contribution >= 0.6 is 0 Å². The van der Waals surface area contributed by atoms with E-state index in [2.05, 4.69) is 130 Å². The summed E-state index contributed by atoms with van der Waals surface area (Å²) >= 11 is 0. The van der Waals surface area contributed by atoms with E-state index in [-0.39, 0.29) is 41.1 Å². The van der Waals surface area contributed by atoms with E-state index in [1.165, 1.54) is 66.1 Å². The number of hydrogen-bond acceptors (Lipinski definition) is 0. The topological polar surface area (TPSA) is 0 Å². The SMILES string of the molecule is CCC(Cc1c(C)[cH-]c2cccc(-c3ccccc3)c12)c1c(C)[cH-]c2cccc(-c3ccccc3)c12.[CH3-].[CH3-].[Zr+4]. The number of benzene rings is 4. The van der Waals surface area contributed by atoms with E-state index >= 15 is 0 Å². The molecule has 0 N–H and O–H groups in total. The van der Waals surface area contributed by atoms with Gasteiger partial charge in [0.05, 0.1) is 0 Å². The van der Waals surface area contributed by atoms with Crippen LogP contribution in [0.2, 0.25) is 0 Å². The fraction of sp³-hybridized carbons (Fsp3) is 0.158. The van der Waals surface area contributed by atoms with Crippen LogP contribution in [0.15, 0.2) is 109 Å². The Morgan fingerprint density at radius 2 is 1.08 bits per heavy atom. The molecular formula is C38H38Zr. The minimum Gasteiger partial charge on any atom is -0.358 e. The third-order valence-electron chi connectivity index (χ3n) is 7.93. The molecule has 6 aromatic rings. The van der Waals surface area contributed by atoms with E-state index in [4.69, 9.17) is 0 Å². The van der Waals surface area contributed by atoms with E-state index in [0.29, 0.717) is 5.92 Å². The Morgan fingerprint density at radius 3 is 1.62 bits per heavy atom. The molecule has 0 aliphatic carbocycles. The van der Waals surface area contributed by atoms with Crippen LogP contribution in [-0.4, -0.2) is 0 Å². The molecule has 1 unspecified atom stereocenters. The van der Waals surface area contributed by atoms with Crippen LogP contribution < -0.4 is 0 Å². The quantitative estimate of drug-likeness (QED) is 0.171. The second-order valence-electron chi connectivity index (χ2n) is 10.1. The number of rotatable bonds is 6. The van der Waals surface area contributed by atoms with E-state index in [1.807, 2.05) is 0 Å². The zero-order valence-corrected chi connectivity index (χ0v) is 26.3. The summed E-state index contributed by atoms with van der Waals surface area (Å²) < 4.78 is 0. The van der Waals surface area contributed by atoms with Crippen molar-refractivity contribution in [3.63, 3.8) is 0 Å². The van der Waals surface area contributed by atoms with Crippen molar-refractivity contribution >= 4 is 21.5 Å². The molecule has 0 fully saturated rings. The Hall–Kier alpha value is -3.02. The second kappa shape index (κ2) is 12.9. The molecule has 0 bridgehead atoms. The number of fused-ring (bicyclic) bond motifs is 2. The van der Waals surface area contributed by atoms with E-state index in [1.54, 1.807) is 0 Å². The number of aryl methyl sites for hydroxylation is 2. The Morgan fingerprint density at radius 1 is 0.590 bits per heavy atom. The van der Waals surface area contributed by atoms with Gasteiger partial charge in [-0.3, -0.25) is 0 Å². The molecule has 0 aliphatic heterocycles. The molecule has 6 aromatic carbocycles. The maximum Gasteiger partial charge on any atom is 4.00 e. The molecule has 0 amide bonds.